The van der Waals surface area contributed by atoms with E-state index in [-0.39, 0.29) is 5.56 Å². The van der Waals surface area contributed by atoms with Gasteiger partial charge >= 0.3 is 0 Å². The van der Waals surface area contributed by atoms with E-state index in [1.165, 1.54) is 6.20 Å². The second kappa shape index (κ2) is 3.81. The summed E-state index contributed by atoms with van der Waals surface area (Å²) in [5.74, 6) is 0. The van der Waals surface area contributed by atoms with Gasteiger partial charge in [0, 0.05) is 41.5 Å². The zero-order valence-corrected chi connectivity index (χ0v) is 8.17. The zero-order chi connectivity index (χ0) is 10.8. The van der Waals surface area contributed by atoms with Crippen molar-refractivity contribution in [2.45, 2.75) is 6.43 Å². The fourth-order valence-corrected chi connectivity index (χ4v) is 1.64. The highest BCUT2D eigenvalue weighted by atomic mass is 19.3. The Kier molecular flexibility index (Phi) is 2.49. The topological polar surface area (TPSA) is 24.9 Å². The van der Waals surface area contributed by atoms with Crippen molar-refractivity contribution in [2.24, 2.45) is 0 Å². The van der Waals surface area contributed by atoms with Crippen LogP contribution in [-0.2, 0) is 0 Å². The van der Waals surface area contributed by atoms with Crippen LogP contribution in [0.4, 0.5) is 14.5 Å². The van der Waals surface area contributed by atoms with Crippen LogP contribution in [0.5, 0.6) is 0 Å². The smallest absolute Gasteiger partial charge is 0.266 e. The van der Waals surface area contributed by atoms with E-state index in [1.807, 2.05) is 6.07 Å². The maximum atomic E-state index is 12.7. The maximum Gasteiger partial charge on any atom is 0.266 e. The highest BCUT2D eigenvalue weighted by Crippen LogP contribution is 2.31. The maximum absolute atomic E-state index is 12.7. The van der Waals surface area contributed by atoms with E-state index in [4.69, 9.17) is 0 Å². The normalized spacial score (nSPS) is 10.9. The van der Waals surface area contributed by atoms with E-state index < -0.39 is 6.43 Å². The molecule has 15 heavy (non-hydrogen) atoms. The fourth-order valence-electron chi connectivity index (χ4n) is 1.64. The molecule has 78 valence electrons. The van der Waals surface area contributed by atoms with Crippen LogP contribution in [0.1, 0.15) is 12.0 Å². The summed E-state index contributed by atoms with van der Waals surface area (Å²) >= 11 is 0. The number of anilines is 1. The predicted octanol–water partition coefficient (Wildman–Crippen LogP) is 3.21. The highest BCUT2D eigenvalue weighted by Gasteiger charge is 2.13. The summed E-state index contributed by atoms with van der Waals surface area (Å²) in [6.07, 6.45) is 0.297. The Hall–Kier alpha value is -1.71. The van der Waals surface area contributed by atoms with Crippen LogP contribution in [0.15, 0.2) is 30.6 Å². The third-order valence-electron chi connectivity index (χ3n) is 2.32. The minimum atomic E-state index is -2.50. The second-order valence-electron chi connectivity index (χ2n) is 3.18. The molecule has 2 aromatic rings. The zero-order valence-electron chi connectivity index (χ0n) is 8.17. The molecule has 1 aromatic carbocycles. The van der Waals surface area contributed by atoms with Crippen molar-refractivity contribution in [3.63, 3.8) is 0 Å². The van der Waals surface area contributed by atoms with Crippen molar-refractivity contribution in [3.05, 3.63) is 36.2 Å². The monoisotopic (exact) mass is 208 g/mol. The molecule has 0 aliphatic heterocycles. The number of nitrogens with zero attached hydrogens (tertiary/aromatic N) is 1. The third kappa shape index (κ3) is 1.63. The van der Waals surface area contributed by atoms with Gasteiger partial charge in [0.05, 0.1) is 0 Å². The van der Waals surface area contributed by atoms with Crippen molar-refractivity contribution < 1.29 is 8.78 Å². The Balaban J connectivity index is 2.81. The molecule has 0 spiro atoms. The molecule has 0 fully saturated rings. The van der Waals surface area contributed by atoms with Gasteiger partial charge in [-0.2, -0.15) is 0 Å². The summed E-state index contributed by atoms with van der Waals surface area (Å²) in [6, 6.07) is 5.36. The Morgan fingerprint density at radius 2 is 2.07 bits per heavy atom. The van der Waals surface area contributed by atoms with Gasteiger partial charge in [-0.15, -0.1) is 0 Å². The lowest BCUT2D eigenvalue weighted by Crippen LogP contribution is -1.95. The summed E-state index contributed by atoms with van der Waals surface area (Å²) in [7, 11) is 1.71. The SMILES string of the molecule is CNc1cccc2cncc(C(F)F)c12. The molecule has 0 aliphatic rings. The van der Waals surface area contributed by atoms with Crippen LogP contribution in [-0.4, -0.2) is 12.0 Å². The number of alkyl halides is 2. The van der Waals surface area contributed by atoms with Gasteiger partial charge in [-0.05, 0) is 6.07 Å². The molecule has 0 atom stereocenters. The average Bonchev–Trinajstić information content (AvgIpc) is 2.27. The van der Waals surface area contributed by atoms with Crippen LogP contribution in [0.3, 0.4) is 0 Å². The van der Waals surface area contributed by atoms with E-state index in [9.17, 15) is 8.78 Å². The Bertz CT molecular complexity index is 478. The van der Waals surface area contributed by atoms with Gasteiger partial charge in [0.1, 0.15) is 0 Å². The van der Waals surface area contributed by atoms with Gasteiger partial charge in [-0.25, -0.2) is 8.78 Å². The first kappa shape index (κ1) is 9.83. The van der Waals surface area contributed by atoms with Gasteiger partial charge in [0.2, 0.25) is 0 Å². The lowest BCUT2D eigenvalue weighted by Gasteiger charge is -2.09. The number of benzene rings is 1. The molecule has 1 heterocycles. The first-order chi connectivity index (χ1) is 7.24. The summed E-state index contributed by atoms with van der Waals surface area (Å²) in [5, 5.41) is 4.17. The first-order valence-corrected chi connectivity index (χ1v) is 4.56. The molecule has 0 bridgehead atoms. The minimum Gasteiger partial charge on any atom is -0.388 e. The standard InChI is InChI=1S/C11H10F2N2/c1-14-9-4-2-3-7-5-15-6-8(10(7)9)11(12)13/h2-6,11,14H,1H3. The van der Waals surface area contributed by atoms with Crippen molar-refractivity contribution in [3.8, 4) is 0 Å². The van der Waals surface area contributed by atoms with Gasteiger partial charge in [0.15, 0.2) is 0 Å². The van der Waals surface area contributed by atoms with Gasteiger partial charge < -0.3 is 5.32 Å². The molecule has 0 saturated heterocycles. The number of pyridine rings is 1. The molecular weight excluding hydrogens is 198 g/mol. The quantitative estimate of drug-likeness (QED) is 0.819. The molecule has 2 rings (SSSR count). The van der Waals surface area contributed by atoms with Crippen LogP contribution < -0.4 is 5.32 Å². The van der Waals surface area contributed by atoms with E-state index in [0.717, 1.165) is 5.39 Å². The Morgan fingerprint density at radius 1 is 1.27 bits per heavy atom. The van der Waals surface area contributed by atoms with Crippen LogP contribution in [0.2, 0.25) is 0 Å². The largest absolute Gasteiger partial charge is 0.388 e. The molecule has 0 radical (unpaired) electrons. The van der Waals surface area contributed by atoms with Crippen molar-refractivity contribution in [1.82, 2.24) is 4.98 Å². The summed E-state index contributed by atoms with van der Waals surface area (Å²) < 4.78 is 25.5. The summed E-state index contributed by atoms with van der Waals surface area (Å²) in [5.41, 5.74) is 0.669. The van der Waals surface area contributed by atoms with Gasteiger partial charge in [-0.3, -0.25) is 4.98 Å². The van der Waals surface area contributed by atoms with Crippen LogP contribution >= 0.6 is 0 Å². The fraction of sp³-hybridized carbons (Fsp3) is 0.182. The molecule has 0 saturated carbocycles. The van der Waals surface area contributed by atoms with Crippen LogP contribution in [0, 0.1) is 0 Å². The molecule has 0 amide bonds. The first-order valence-electron chi connectivity index (χ1n) is 4.56. The number of hydrogen-bond donors (Lipinski definition) is 1. The minimum absolute atomic E-state index is 0.0301. The Labute approximate surface area is 85.9 Å². The van der Waals surface area contributed by atoms with Gasteiger partial charge in [-0.1, -0.05) is 12.1 Å². The van der Waals surface area contributed by atoms with E-state index in [0.29, 0.717) is 11.1 Å². The molecule has 0 aliphatic carbocycles. The molecule has 1 aromatic heterocycles. The molecule has 2 nitrogen and oxygen atoms in total. The number of aromatic nitrogens is 1. The van der Waals surface area contributed by atoms with E-state index >= 15 is 0 Å². The van der Waals surface area contributed by atoms with Crippen molar-refractivity contribution in [2.75, 3.05) is 12.4 Å². The molecule has 4 heteroatoms. The second-order valence-corrected chi connectivity index (χ2v) is 3.18. The third-order valence-corrected chi connectivity index (χ3v) is 2.32. The van der Waals surface area contributed by atoms with Crippen molar-refractivity contribution in [1.29, 1.82) is 0 Å². The number of rotatable bonds is 2. The number of halogens is 2. The highest BCUT2D eigenvalue weighted by molar-refractivity contribution is 5.96. The van der Waals surface area contributed by atoms with E-state index in [2.05, 4.69) is 10.3 Å². The lowest BCUT2D eigenvalue weighted by atomic mass is 10.1. The molecular formula is C11H10F2N2. The number of hydrogen-bond acceptors (Lipinski definition) is 2. The van der Waals surface area contributed by atoms with Gasteiger partial charge in [0.25, 0.3) is 6.43 Å². The van der Waals surface area contributed by atoms with E-state index in [1.54, 1.807) is 25.4 Å². The Morgan fingerprint density at radius 3 is 2.73 bits per heavy atom. The molecule has 1 N–H and O–H groups in total. The van der Waals surface area contributed by atoms with Crippen molar-refractivity contribution >= 4 is 16.5 Å². The average molecular weight is 208 g/mol. The van der Waals surface area contributed by atoms with Crippen LogP contribution in [0.25, 0.3) is 10.8 Å². The predicted molar refractivity (Wildman–Crippen MR) is 56.2 cm³/mol. The summed E-state index contributed by atoms with van der Waals surface area (Å²) in [6.45, 7) is 0. The lowest BCUT2D eigenvalue weighted by molar-refractivity contribution is 0.153. The summed E-state index contributed by atoms with van der Waals surface area (Å²) in [4.78, 5) is 3.80. The molecule has 0 unspecified atom stereocenters. The number of nitrogens with one attached hydrogen (secondary N) is 1. The number of fused-ring (bicyclic) bond motifs is 1.